The van der Waals surface area contributed by atoms with Gasteiger partial charge in [-0.25, -0.2) is 0 Å². The van der Waals surface area contributed by atoms with Crippen LogP contribution in [0.25, 0.3) is 0 Å². The highest BCUT2D eigenvalue weighted by atomic mass is 35.5. The maximum atomic E-state index is 11.5. The number of carboxylic acids is 1. The molecule has 0 radical (unpaired) electrons. The summed E-state index contributed by atoms with van der Waals surface area (Å²) in [5.41, 5.74) is 0.262. The third-order valence-electron chi connectivity index (χ3n) is 2.54. The zero-order valence-corrected chi connectivity index (χ0v) is 13.1. The van der Waals surface area contributed by atoms with E-state index in [0.29, 0.717) is 5.02 Å². The number of amidine groups is 1. The second-order valence-electron chi connectivity index (χ2n) is 4.17. The van der Waals surface area contributed by atoms with Crippen LogP contribution in [0, 0.1) is 0 Å². The van der Waals surface area contributed by atoms with E-state index in [4.69, 9.17) is 28.3 Å². The molecule has 0 aromatic heterocycles. The molecule has 10 heteroatoms. The molecule has 1 fully saturated rings. The van der Waals surface area contributed by atoms with Crippen molar-refractivity contribution < 1.29 is 19.8 Å². The Hall–Kier alpha value is -1.77. The van der Waals surface area contributed by atoms with E-state index in [0.717, 1.165) is 11.8 Å². The Morgan fingerprint density at radius 2 is 2.18 bits per heavy atom. The second kappa shape index (κ2) is 6.99. The Kier molecular flexibility index (Phi) is 5.28. The van der Waals surface area contributed by atoms with Gasteiger partial charge in [-0.15, -0.1) is 5.10 Å². The second-order valence-corrected chi connectivity index (χ2v) is 6.20. The van der Waals surface area contributed by atoms with Gasteiger partial charge in [-0.05, 0) is 12.1 Å². The first-order chi connectivity index (χ1) is 10.4. The number of nitrogens with zero attached hydrogens (tertiary/aromatic N) is 2. The Morgan fingerprint density at radius 1 is 1.45 bits per heavy atom. The number of hydrogen-bond donors (Lipinski definition) is 3. The molecule has 2 rings (SSSR count). The van der Waals surface area contributed by atoms with E-state index in [1.54, 1.807) is 0 Å². The van der Waals surface area contributed by atoms with E-state index >= 15 is 0 Å². The van der Waals surface area contributed by atoms with Crippen molar-refractivity contribution in [3.8, 4) is 5.75 Å². The lowest BCUT2D eigenvalue weighted by atomic mass is 10.2. The lowest BCUT2D eigenvalue weighted by molar-refractivity contribution is -0.138. The minimum absolute atomic E-state index is 0.0756. The monoisotopic (exact) mass is 361 g/mol. The first kappa shape index (κ1) is 16.6. The number of phenolic OH excluding ortho intramolecular Hbond substituents is 1. The average Bonchev–Trinajstić information content (AvgIpc) is 2.75. The number of aliphatic carboxylic acids is 1. The molecule has 1 unspecified atom stereocenters. The van der Waals surface area contributed by atoms with Crippen molar-refractivity contribution in [3.63, 3.8) is 0 Å². The Morgan fingerprint density at radius 3 is 2.86 bits per heavy atom. The molecule has 1 aliphatic heterocycles. The number of thioether (sulfide) groups is 1. The van der Waals surface area contributed by atoms with Crippen LogP contribution in [0.4, 0.5) is 0 Å². The van der Waals surface area contributed by atoms with Gasteiger partial charge < -0.3 is 15.5 Å². The summed E-state index contributed by atoms with van der Waals surface area (Å²) < 4.78 is 0. The summed E-state index contributed by atoms with van der Waals surface area (Å²) in [5, 5.41) is 28.1. The number of amides is 1. The van der Waals surface area contributed by atoms with Crippen molar-refractivity contribution in [1.29, 1.82) is 0 Å². The maximum Gasteiger partial charge on any atom is 0.305 e. The summed E-state index contributed by atoms with van der Waals surface area (Å²) in [6.07, 6.45) is 0.918. The first-order valence-electron chi connectivity index (χ1n) is 5.85. The van der Waals surface area contributed by atoms with Crippen LogP contribution in [0.15, 0.2) is 22.3 Å². The predicted molar refractivity (Wildman–Crippen MR) is 84.9 cm³/mol. The molecule has 1 aromatic carbocycles. The van der Waals surface area contributed by atoms with E-state index < -0.39 is 17.1 Å². The third-order valence-corrected chi connectivity index (χ3v) is 4.12. The highest BCUT2D eigenvalue weighted by Crippen LogP contribution is 2.30. The van der Waals surface area contributed by atoms with Gasteiger partial charge >= 0.3 is 5.97 Å². The standard InChI is InChI=1S/C12H9Cl2N3O4S/c13-6-1-5(10(20)7(14)2-6)4-15-17-12-16-11(21)8(22-12)3-9(18)19/h1-2,4,8,20H,3H2,(H,18,19)(H,16,17,21). The van der Waals surface area contributed by atoms with Crippen molar-refractivity contribution in [2.24, 2.45) is 10.2 Å². The van der Waals surface area contributed by atoms with Gasteiger partial charge in [0.15, 0.2) is 5.17 Å². The highest BCUT2D eigenvalue weighted by Gasteiger charge is 2.32. The van der Waals surface area contributed by atoms with Crippen LogP contribution < -0.4 is 5.32 Å². The fourth-order valence-corrected chi connectivity index (χ4v) is 3.00. The van der Waals surface area contributed by atoms with Gasteiger partial charge in [0.2, 0.25) is 5.91 Å². The number of hydrogen-bond acceptors (Lipinski definition) is 6. The fourth-order valence-electron chi connectivity index (χ4n) is 1.57. The topological polar surface area (TPSA) is 111 Å². The van der Waals surface area contributed by atoms with E-state index in [1.807, 2.05) is 0 Å². The fraction of sp³-hybridized carbons (Fsp3) is 0.167. The van der Waals surface area contributed by atoms with E-state index in [9.17, 15) is 14.7 Å². The quantitative estimate of drug-likeness (QED) is 0.561. The number of phenols is 1. The maximum absolute atomic E-state index is 11.5. The smallest absolute Gasteiger partial charge is 0.305 e. The van der Waals surface area contributed by atoms with Crippen LogP contribution in [-0.2, 0) is 9.59 Å². The van der Waals surface area contributed by atoms with Crippen LogP contribution in [0.3, 0.4) is 0 Å². The van der Waals surface area contributed by atoms with Gasteiger partial charge in [0.25, 0.3) is 0 Å². The number of rotatable bonds is 4. The van der Waals surface area contributed by atoms with Crippen molar-refractivity contribution in [2.45, 2.75) is 11.7 Å². The highest BCUT2D eigenvalue weighted by molar-refractivity contribution is 8.15. The van der Waals surface area contributed by atoms with Gasteiger partial charge in [0, 0.05) is 10.6 Å². The molecule has 1 saturated heterocycles. The lowest BCUT2D eigenvalue weighted by Gasteiger charge is -2.01. The Balaban J connectivity index is 2.09. The van der Waals surface area contributed by atoms with Crippen molar-refractivity contribution in [2.75, 3.05) is 0 Å². The van der Waals surface area contributed by atoms with E-state index in [2.05, 4.69) is 15.5 Å². The number of carbonyl (C=O) groups is 2. The predicted octanol–water partition coefficient (Wildman–Crippen LogP) is 2.10. The summed E-state index contributed by atoms with van der Waals surface area (Å²) in [4.78, 5) is 22.1. The summed E-state index contributed by atoms with van der Waals surface area (Å²) in [5.74, 6) is -1.70. The number of nitrogens with one attached hydrogen (secondary N) is 1. The third kappa shape index (κ3) is 4.12. The van der Waals surface area contributed by atoms with E-state index in [1.165, 1.54) is 18.3 Å². The molecule has 1 heterocycles. The Bertz CT molecular complexity index is 693. The van der Waals surface area contributed by atoms with Gasteiger partial charge in [0.05, 0.1) is 17.7 Å². The molecule has 0 aliphatic carbocycles. The largest absolute Gasteiger partial charge is 0.506 e. The van der Waals surface area contributed by atoms with Crippen LogP contribution >= 0.6 is 35.0 Å². The number of halogens is 2. The molecule has 0 spiro atoms. The lowest BCUT2D eigenvalue weighted by Crippen LogP contribution is -2.26. The minimum Gasteiger partial charge on any atom is -0.506 e. The van der Waals surface area contributed by atoms with Gasteiger partial charge in [-0.3, -0.25) is 9.59 Å². The number of benzene rings is 1. The molecule has 22 heavy (non-hydrogen) atoms. The molecular formula is C12H9Cl2N3O4S. The van der Waals surface area contributed by atoms with Crippen molar-refractivity contribution >= 4 is 58.2 Å². The minimum atomic E-state index is -1.07. The van der Waals surface area contributed by atoms with Crippen LogP contribution in [0.2, 0.25) is 10.0 Å². The van der Waals surface area contributed by atoms with Gasteiger partial charge in [0.1, 0.15) is 11.0 Å². The summed E-state index contributed by atoms with van der Waals surface area (Å²) in [6, 6.07) is 2.82. The number of carbonyl (C=O) groups excluding carboxylic acids is 1. The molecule has 116 valence electrons. The normalized spacial score (nSPS) is 19.8. The van der Waals surface area contributed by atoms with Crippen LogP contribution in [0.1, 0.15) is 12.0 Å². The van der Waals surface area contributed by atoms with Crippen LogP contribution in [0.5, 0.6) is 5.75 Å². The van der Waals surface area contributed by atoms with Crippen molar-refractivity contribution in [3.05, 3.63) is 27.7 Å². The zero-order valence-electron chi connectivity index (χ0n) is 10.8. The Labute approximate surface area is 139 Å². The molecular weight excluding hydrogens is 353 g/mol. The number of aromatic hydroxyl groups is 1. The molecule has 0 bridgehead atoms. The molecule has 1 atom stereocenters. The van der Waals surface area contributed by atoms with Gasteiger partial charge in [-0.1, -0.05) is 35.0 Å². The molecule has 1 amide bonds. The zero-order chi connectivity index (χ0) is 16.3. The summed E-state index contributed by atoms with van der Waals surface area (Å²) in [7, 11) is 0. The van der Waals surface area contributed by atoms with E-state index in [-0.39, 0.29) is 27.9 Å². The molecule has 1 aliphatic rings. The summed E-state index contributed by atoms with van der Waals surface area (Å²) in [6.45, 7) is 0. The number of carboxylic acid groups (broad SMARTS) is 1. The molecule has 0 saturated carbocycles. The SMILES string of the molecule is O=C(O)CC1SC(=NN=Cc2cc(Cl)cc(Cl)c2O)NC1=O. The molecule has 1 aromatic rings. The van der Waals surface area contributed by atoms with Crippen molar-refractivity contribution in [1.82, 2.24) is 5.32 Å². The first-order valence-corrected chi connectivity index (χ1v) is 7.48. The van der Waals surface area contributed by atoms with Crippen LogP contribution in [-0.4, -0.2) is 38.7 Å². The summed E-state index contributed by atoms with van der Waals surface area (Å²) >= 11 is 12.5. The molecule has 7 nitrogen and oxygen atoms in total. The average molecular weight is 362 g/mol. The van der Waals surface area contributed by atoms with Gasteiger partial charge in [-0.2, -0.15) is 5.10 Å². The molecule has 3 N–H and O–H groups in total.